The second kappa shape index (κ2) is 4.31. The summed E-state index contributed by atoms with van der Waals surface area (Å²) in [4.78, 5) is 0. The maximum Gasteiger partial charge on any atom is 0.120 e. The minimum absolute atomic E-state index is 0.00548. The van der Waals surface area contributed by atoms with Crippen molar-refractivity contribution < 1.29 is 4.74 Å². The standard InChI is InChI=1S/C14H20N2O/c1-14(4-6-15-7-5-14)17-13-3-2-11-9-16-10-12(11)8-13/h2-3,8,15-16H,4-7,9-10H2,1H3. The highest BCUT2D eigenvalue weighted by atomic mass is 16.5. The molecule has 3 rings (SSSR count). The third-order valence-corrected chi connectivity index (χ3v) is 3.83. The van der Waals surface area contributed by atoms with Gasteiger partial charge in [0.15, 0.2) is 0 Å². The fraction of sp³-hybridized carbons (Fsp3) is 0.571. The van der Waals surface area contributed by atoms with Gasteiger partial charge in [0.2, 0.25) is 0 Å². The average Bonchev–Trinajstić information content (AvgIpc) is 2.76. The van der Waals surface area contributed by atoms with Gasteiger partial charge in [-0.05, 0) is 56.1 Å². The van der Waals surface area contributed by atoms with E-state index in [9.17, 15) is 0 Å². The van der Waals surface area contributed by atoms with Crippen LogP contribution < -0.4 is 15.4 Å². The molecule has 1 aromatic carbocycles. The van der Waals surface area contributed by atoms with Gasteiger partial charge < -0.3 is 15.4 Å². The lowest BCUT2D eigenvalue weighted by atomic mass is 9.94. The van der Waals surface area contributed by atoms with Crippen molar-refractivity contribution in [3.63, 3.8) is 0 Å². The van der Waals surface area contributed by atoms with Gasteiger partial charge in [-0.15, -0.1) is 0 Å². The normalized spacial score (nSPS) is 22.2. The van der Waals surface area contributed by atoms with Crippen LogP contribution in [0.15, 0.2) is 18.2 Å². The number of ether oxygens (including phenoxy) is 1. The molecule has 2 aliphatic rings. The molecule has 2 N–H and O–H groups in total. The Morgan fingerprint density at radius 1 is 1.06 bits per heavy atom. The van der Waals surface area contributed by atoms with Crippen LogP contribution in [0.2, 0.25) is 0 Å². The number of nitrogens with one attached hydrogen (secondary N) is 2. The third-order valence-electron chi connectivity index (χ3n) is 3.83. The maximum absolute atomic E-state index is 6.20. The van der Waals surface area contributed by atoms with Crippen molar-refractivity contribution in [1.82, 2.24) is 10.6 Å². The third kappa shape index (κ3) is 2.31. The zero-order valence-electron chi connectivity index (χ0n) is 10.4. The number of fused-ring (bicyclic) bond motifs is 1. The summed E-state index contributed by atoms with van der Waals surface area (Å²) < 4.78 is 6.20. The molecule has 1 fully saturated rings. The van der Waals surface area contributed by atoms with Crippen molar-refractivity contribution in [3.8, 4) is 5.75 Å². The van der Waals surface area contributed by atoms with E-state index >= 15 is 0 Å². The molecular formula is C14H20N2O. The fourth-order valence-corrected chi connectivity index (χ4v) is 2.68. The molecule has 1 aromatic rings. The molecule has 0 aromatic heterocycles. The van der Waals surface area contributed by atoms with Crippen LogP contribution in [0.3, 0.4) is 0 Å². The van der Waals surface area contributed by atoms with Crippen LogP contribution in [0.25, 0.3) is 0 Å². The monoisotopic (exact) mass is 232 g/mol. The van der Waals surface area contributed by atoms with Gasteiger partial charge in [-0.2, -0.15) is 0 Å². The molecule has 2 aliphatic heterocycles. The van der Waals surface area contributed by atoms with Crippen LogP contribution in [0.5, 0.6) is 5.75 Å². The van der Waals surface area contributed by atoms with Crippen molar-refractivity contribution >= 4 is 0 Å². The summed E-state index contributed by atoms with van der Waals surface area (Å²) in [7, 11) is 0. The van der Waals surface area contributed by atoms with Gasteiger partial charge in [0.05, 0.1) is 0 Å². The van der Waals surface area contributed by atoms with Gasteiger partial charge in [-0.3, -0.25) is 0 Å². The average molecular weight is 232 g/mol. The highest BCUT2D eigenvalue weighted by Crippen LogP contribution is 2.28. The van der Waals surface area contributed by atoms with Crippen molar-refractivity contribution in [2.24, 2.45) is 0 Å². The van der Waals surface area contributed by atoms with Crippen LogP contribution in [0.1, 0.15) is 30.9 Å². The maximum atomic E-state index is 6.20. The molecule has 3 nitrogen and oxygen atoms in total. The van der Waals surface area contributed by atoms with E-state index in [4.69, 9.17) is 4.74 Å². The smallest absolute Gasteiger partial charge is 0.120 e. The molecule has 0 spiro atoms. The lowest BCUT2D eigenvalue weighted by molar-refractivity contribution is 0.0555. The molecule has 17 heavy (non-hydrogen) atoms. The van der Waals surface area contributed by atoms with Crippen molar-refractivity contribution in [3.05, 3.63) is 29.3 Å². The molecule has 0 radical (unpaired) electrons. The van der Waals surface area contributed by atoms with Crippen LogP contribution in [0.4, 0.5) is 0 Å². The Hall–Kier alpha value is -1.06. The Bertz CT molecular complexity index is 411. The predicted molar refractivity (Wildman–Crippen MR) is 68.1 cm³/mol. The van der Waals surface area contributed by atoms with Gasteiger partial charge in [0.1, 0.15) is 11.4 Å². The minimum atomic E-state index is 0.00548. The van der Waals surface area contributed by atoms with E-state index in [-0.39, 0.29) is 5.60 Å². The molecule has 0 amide bonds. The Morgan fingerprint density at radius 2 is 1.82 bits per heavy atom. The lowest BCUT2D eigenvalue weighted by Crippen LogP contribution is -2.43. The van der Waals surface area contributed by atoms with Gasteiger partial charge in [0.25, 0.3) is 0 Å². The Kier molecular flexibility index (Phi) is 2.81. The first-order valence-electron chi connectivity index (χ1n) is 6.47. The van der Waals surface area contributed by atoms with E-state index in [1.807, 2.05) is 0 Å². The SMILES string of the molecule is CC1(Oc2ccc3c(c2)CNC3)CCNCC1. The largest absolute Gasteiger partial charge is 0.487 e. The summed E-state index contributed by atoms with van der Waals surface area (Å²) >= 11 is 0. The van der Waals surface area contributed by atoms with Gasteiger partial charge in [0, 0.05) is 13.1 Å². The summed E-state index contributed by atoms with van der Waals surface area (Å²) in [5.41, 5.74) is 2.80. The first-order valence-corrected chi connectivity index (χ1v) is 6.47. The lowest BCUT2D eigenvalue weighted by Gasteiger charge is -2.34. The second-order valence-corrected chi connectivity index (χ2v) is 5.34. The van der Waals surface area contributed by atoms with Crippen LogP contribution in [-0.4, -0.2) is 18.7 Å². The summed E-state index contributed by atoms with van der Waals surface area (Å²) in [5, 5.41) is 6.74. The van der Waals surface area contributed by atoms with Crippen LogP contribution in [-0.2, 0) is 13.1 Å². The number of hydrogen-bond acceptors (Lipinski definition) is 3. The zero-order valence-corrected chi connectivity index (χ0v) is 10.4. The highest BCUT2D eigenvalue weighted by Gasteiger charge is 2.28. The quantitative estimate of drug-likeness (QED) is 0.816. The van der Waals surface area contributed by atoms with Gasteiger partial charge in [-0.25, -0.2) is 0 Å². The summed E-state index contributed by atoms with van der Waals surface area (Å²) in [6, 6.07) is 6.50. The zero-order chi connectivity index (χ0) is 11.7. The van der Waals surface area contributed by atoms with E-state index in [1.165, 1.54) is 11.1 Å². The van der Waals surface area contributed by atoms with E-state index < -0.39 is 0 Å². The Balaban J connectivity index is 1.76. The first-order chi connectivity index (χ1) is 8.25. The van der Waals surface area contributed by atoms with Crippen molar-refractivity contribution in [2.45, 2.75) is 38.5 Å². The Morgan fingerprint density at radius 3 is 2.65 bits per heavy atom. The predicted octanol–water partition coefficient (Wildman–Crippen LogP) is 1.81. The van der Waals surface area contributed by atoms with Gasteiger partial charge in [-0.1, -0.05) is 6.07 Å². The number of rotatable bonds is 2. The summed E-state index contributed by atoms with van der Waals surface area (Å²) in [6.07, 6.45) is 2.17. The van der Waals surface area contributed by atoms with Gasteiger partial charge >= 0.3 is 0 Å². The fourth-order valence-electron chi connectivity index (χ4n) is 2.68. The van der Waals surface area contributed by atoms with E-state index in [2.05, 4.69) is 35.8 Å². The second-order valence-electron chi connectivity index (χ2n) is 5.34. The molecule has 0 unspecified atom stereocenters. The molecule has 0 saturated carbocycles. The number of piperidine rings is 1. The van der Waals surface area contributed by atoms with E-state index in [1.54, 1.807) is 0 Å². The highest BCUT2D eigenvalue weighted by molar-refractivity contribution is 5.38. The number of benzene rings is 1. The van der Waals surface area contributed by atoms with E-state index in [0.29, 0.717) is 0 Å². The topological polar surface area (TPSA) is 33.3 Å². The number of hydrogen-bond donors (Lipinski definition) is 2. The molecule has 1 saturated heterocycles. The minimum Gasteiger partial charge on any atom is -0.487 e. The van der Waals surface area contributed by atoms with Crippen LogP contribution >= 0.6 is 0 Å². The first kappa shape index (κ1) is 11.1. The van der Waals surface area contributed by atoms with Crippen LogP contribution in [0, 0.1) is 0 Å². The molecule has 0 bridgehead atoms. The summed E-state index contributed by atoms with van der Waals surface area (Å²) in [5.74, 6) is 1.02. The molecular weight excluding hydrogens is 212 g/mol. The summed E-state index contributed by atoms with van der Waals surface area (Å²) in [6.45, 7) is 6.31. The molecule has 0 atom stereocenters. The van der Waals surface area contributed by atoms with Crippen molar-refractivity contribution in [2.75, 3.05) is 13.1 Å². The molecule has 92 valence electrons. The Labute approximate surface area is 103 Å². The molecule has 2 heterocycles. The molecule has 3 heteroatoms. The molecule has 0 aliphatic carbocycles. The van der Waals surface area contributed by atoms with Crippen molar-refractivity contribution in [1.29, 1.82) is 0 Å². The van der Waals surface area contributed by atoms with E-state index in [0.717, 1.165) is 44.8 Å².